The molecule has 1 heterocycles. The summed E-state index contributed by atoms with van der Waals surface area (Å²) in [6.45, 7) is 3.75. The van der Waals surface area contributed by atoms with Gasteiger partial charge in [0, 0.05) is 18.7 Å². The van der Waals surface area contributed by atoms with Crippen LogP contribution in [-0.2, 0) is 0 Å². The van der Waals surface area contributed by atoms with Crippen LogP contribution in [0.5, 0.6) is 5.75 Å². The number of hydrogen-bond acceptors (Lipinski definition) is 4. The fourth-order valence-electron chi connectivity index (χ4n) is 2.67. The van der Waals surface area contributed by atoms with E-state index in [0.717, 1.165) is 25.1 Å². The monoisotopic (exact) mass is 327 g/mol. The molecule has 4 nitrogen and oxygen atoms in total. The number of allylic oxidation sites excluding steroid dienone is 2. The molecule has 0 saturated carbocycles. The van der Waals surface area contributed by atoms with Gasteiger partial charge in [0.15, 0.2) is 0 Å². The summed E-state index contributed by atoms with van der Waals surface area (Å²) in [6, 6.07) is 6.38. The van der Waals surface area contributed by atoms with Crippen molar-refractivity contribution < 1.29 is 9.13 Å². The van der Waals surface area contributed by atoms with Gasteiger partial charge in [-0.25, -0.2) is 4.39 Å². The van der Waals surface area contributed by atoms with Gasteiger partial charge in [-0.3, -0.25) is 0 Å². The predicted octanol–water partition coefficient (Wildman–Crippen LogP) is 3.24. The van der Waals surface area contributed by atoms with Crippen molar-refractivity contribution in [3.8, 4) is 11.8 Å². The van der Waals surface area contributed by atoms with Crippen LogP contribution < -0.4 is 10.5 Å². The van der Waals surface area contributed by atoms with Crippen LogP contribution in [0.15, 0.2) is 46.7 Å². The Morgan fingerprint density at radius 2 is 2.21 bits per heavy atom. The summed E-state index contributed by atoms with van der Waals surface area (Å²) in [5.41, 5.74) is 9.84. The maximum absolute atomic E-state index is 13.4. The van der Waals surface area contributed by atoms with E-state index in [9.17, 15) is 9.65 Å². The van der Waals surface area contributed by atoms with Gasteiger partial charge in [0.1, 0.15) is 17.6 Å². The lowest BCUT2D eigenvalue weighted by Gasteiger charge is -2.26. The highest BCUT2D eigenvalue weighted by atomic mass is 19.1. The summed E-state index contributed by atoms with van der Waals surface area (Å²) in [5, 5.41) is 9.46. The third-order valence-electron chi connectivity index (χ3n) is 4.17. The van der Waals surface area contributed by atoms with Crippen LogP contribution in [0.1, 0.15) is 18.9 Å². The van der Waals surface area contributed by atoms with Gasteiger partial charge in [0.05, 0.1) is 18.4 Å². The van der Waals surface area contributed by atoms with Crippen molar-refractivity contribution in [1.29, 1.82) is 5.26 Å². The number of methoxy groups -OCH3 is 1. The van der Waals surface area contributed by atoms with Gasteiger partial charge in [-0.2, -0.15) is 5.26 Å². The average Bonchev–Trinajstić information content (AvgIpc) is 2.57. The lowest BCUT2D eigenvalue weighted by Crippen LogP contribution is -2.29. The third kappa shape index (κ3) is 4.03. The van der Waals surface area contributed by atoms with Gasteiger partial charge < -0.3 is 15.4 Å². The van der Waals surface area contributed by atoms with E-state index in [4.69, 9.17) is 10.5 Å². The van der Waals surface area contributed by atoms with E-state index >= 15 is 0 Å². The van der Waals surface area contributed by atoms with Crippen LogP contribution in [-0.4, -0.2) is 32.1 Å². The number of likely N-dealkylation sites (N-methyl/N-ethyl adjacent to an activating group) is 1. The van der Waals surface area contributed by atoms with E-state index in [1.165, 1.54) is 24.8 Å². The minimum absolute atomic E-state index is 0.363. The standard InChI is InChI=1S/C19H22FN3O/c1-13-8-9-23(2)12-17(13)19(22)15(11-21)5-4-14-10-16(20)6-7-18(14)24-3/h4-7,10H,8-9,12,22H2,1-3H3/b5-4+,19-15-. The second-order valence-electron chi connectivity index (χ2n) is 5.91. The number of benzene rings is 1. The molecule has 0 bridgehead atoms. The number of rotatable bonds is 4. The third-order valence-corrected chi connectivity index (χ3v) is 4.17. The second-order valence-corrected chi connectivity index (χ2v) is 5.91. The fraction of sp³-hybridized carbons (Fsp3) is 0.316. The Morgan fingerprint density at radius 1 is 1.46 bits per heavy atom. The van der Waals surface area contributed by atoms with Crippen molar-refractivity contribution in [3.63, 3.8) is 0 Å². The summed E-state index contributed by atoms with van der Waals surface area (Å²) in [5.74, 6) is 0.176. The molecule has 0 aromatic heterocycles. The zero-order valence-corrected chi connectivity index (χ0v) is 14.3. The van der Waals surface area contributed by atoms with Crippen LogP contribution in [0.3, 0.4) is 0 Å². The molecule has 0 spiro atoms. The summed E-state index contributed by atoms with van der Waals surface area (Å²) in [4.78, 5) is 2.17. The molecular formula is C19H22FN3O. The number of nitriles is 1. The molecule has 0 aliphatic carbocycles. The maximum atomic E-state index is 13.4. The molecule has 5 heteroatoms. The van der Waals surface area contributed by atoms with Crippen LogP contribution >= 0.6 is 0 Å². The van der Waals surface area contributed by atoms with Crippen molar-refractivity contribution in [3.05, 3.63) is 58.1 Å². The quantitative estimate of drug-likeness (QED) is 0.681. The Hall–Kier alpha value is -2.58. The Kier molecular flexibility index (Phi) is 5.78. The molecule has 2 N–H and O–H groups in total. The van der Waals surface area contributed by atoms with Crippen molar-refractivity contribution in [2.75, 3.05) is 27.2 Å². The van der Waals surface area contributed by atoms with Crippen LogP contribution in [0.25, 0.3) is 6.08 Å². The lowest BCUT2D eigenvalue weighted by atomic mass is 9.96. The zero-order chi connectivity index (χ0) is 17.7. The average molecular weight is 327 g/mol. The highest BCUT2D eigenvalue weighted by Gasteiger charge is 2.17. The Labute approximate surface area is 142 Å². The Balaban J connectivity index is 2.39. The fourth-order valence-corrected chi connectivity index (χ4v) is 2.67. The normalized spacial score (nSPS) is 17.0. The van der Waals surface area contributed by atoms with Gasteiger partial charge >= 0.3 is 0 Å². The number of nitrogens with zero attached hydrogens (tertiary/aromatic N) is 2. The molecule has 24 heavy (non-hydrogen) atoms. The molecule has 1 aliphatic heterocycles. The maximum Gasteiger partial charge on any atom is 0.126 e. The predicted molar refractivity (Wildman–Crippen MR) is 93.6 cm³/mol. The molecule has 1 aromatic carbocycles. The summed E-state index contributed by atoms with van der Waals surface area (Å²) < 4.78 is 18.6. The number of nitrogens with two attached hydrogens (primary N) is 1. The smallest absolute Gasteiger partial charge is 0.126 e. The molecule has 1 aromatic rings. The minimum atomic E-state index is -0.363. The van der Waals surface area contributed by atoms with Gasteiger partial charge in [-0.1, -0.05) is 5.57 Å². The van der Waals surface area contributed by atoms with E-state index in [1.807, 2.05) is 14.0 Å². The molecule has 0 fully saturated rings. The molecular weight excluding hydrogens is 305 g/mol. The summed E-state index contributed by atoms with van der Waals surface area (Å²) >= 11 is 0. The first kappa shape index (κ1) is 17.8. The first-order valence-electron chi connectivity index (χ1n) is 7.75. The minimum Gasteiger partial charge on any atom is -0.496 e. The van der Waals surface area contributed by atoms with E-state index in [2.05, 4.69) is 11.0 Å². The van der Waals surface area contributed by atoms with Crippen molar-refractivity contribution in [2.24, 2.45) is 5.73 Å². The topological polar surface area (TPSA) is 62.3 Å². The van der Waals surface area contributed by atoms with Gasteiger partial charge in [0.2, 0.25) is 0 Å². The van der Waals surface area contributed by atoms with Gasteiger partial charge in [0.25, 0.3) is 0 Å². The first-order valence-corrected chi connectivity index (χ1v) is 7.75. The zero-order valence-electron chi connectivity index (χ0n) is 14.3. The number of halogens is 1. The van der Waals surface area contributed by atoms with Gasteiger partial charge in [-0.15, -0.1) is 0 Å². The molecule has 0 unspecified atom stereocenters. The van der Waals surface area contributed by atoms with Crippen LogP contribution in [0.2, 0.25) is 0 Å². The molecule has 126 valence electrons. The summed E-state index contributed by atoms with van der Waals surface area (Å²) in [7, 11) is 3.55. The Bertz CT molecular complexity index is 756. The Morgan fingerprint density at radius 3 is 2.88 bits per heavy atom. The molecule has 0 atom stereocenters. The SMILES string of the molecule is COc1ccc(F)cc1/C=C/C(C#N)=C(/N)C1=C(C)CCN(C)C1. The van der Waals surface area contributed by atoms with Crippen molar-refractivity contribution >= 4 is 6.08 Å². The molecule has 0 radical (unpaired) electrons. The van der Waals surface area contributed by atoms with Crippen molar-refractivity contribution in [1.82, 2.24) is 4.90 Å². The number of hydrogen-bond donors (Lipinski definition) is 1. The number of ether oxygens (including phenoxy) is 1. The van der Waals surface area contributed by atoms with Crippen molar-refractivity contribution in [2.45, 2.75) is 13.3 Å². The summed E-state index contributed by atoms with van der Waals surface area (Å²) in [6.07, 6.45) is 4.20. The van der Waals surface area contributed by atoms with Crippen LogP contribution in [0, 0.1) is 17.1 Å². The van der Waals surface area contributed by atoms with E-state index in [-0.39, 0.29) is 5.82 Å². The molecule has 2 rings (SSSR count). The van der Waals surface area contributed by atoms with Crippen LogP contribution in [0.4, 0.5) is 4.39 Å². The second kappa shape index (κ2) is 7.80. The van der Waals surface area contributed by atoms with E-state index in [1.54, 1.807) is 18.2 Å². The first-order chi connectivity index (χ1) is 11.5. The molecule has 0 amide bonds. The van der Waals surface area contributed by atoms with E-state index < -0.39 is 0 Å². The lowest BCUT2D eigenvalue weighted by molar-refractivity contribution is 0.349. The largest absolute Gasteiger partial charge is 0.496 e. The van der Waals surface area contributed by atoms with Gasteiger partial charge in [-0.05, 0) is 56.3 Å². The highest BCUT2D eigenvalue weighted by molar-refractivity contribution is 5.63. The highest BCUT2D eigenvalue weighted by Crippen LogP contribution is 2.24. The molecule has 0 saturated heterocycles. The van der Waals surface area contributed by atoms with E-state index in [0.29, 0.717) is 22.6 Å². The molecule has 1 aliphatic rings.